The number of carboxylic acids is 1. The van der Waals surface area contributed by atoms with Crippen LogP contribution in [0, 0.1) is 5.92 Å². The maximum atomic E-state index is 11.3. The van der Waals surface area contributed by atoms with Gasteiger partial charge in [-0.05, 0) is 55.5 Å². The van der Waals surface area contributed by atoms with E-state index in [9.17, 15) is 15.0 Å². The van der Waals surface area contributed by atoms with Gasteiger partial charge in [-0.25, -0.2) is 0 Å². The van der Waals surface area contributed by atoms with Gasteiger partial charge in [0.1, 0.15) is 11.9 Å². The van der Waals surface area contributed by atoms with Crippen molar-refractivity contribution >= 4 is 39.1 Å². The standard InChI is InChI=1S/C23H25BrN4O3/c24-15-7-8-17-16(12-15)22(18-6-1-2-11-25-18)27-19(9-10-21(30)31)23(28-17)26-13-20(29)14-4-3-5-14/h1-2,6-8,11-12,14,19-20,29H,3-5,9-10,13H2,(H,26,28)(H,30,31)/t19-,20?/m0/s1. The number of rotatable bonds is 7. The fourth-order valence-electron chi connectivity index (χ4n) is 3.81. The molecule has 3 N–H and O–H groups in total. The molecule has 2 atom stereocenters. The van der Waals surface area contributed by atoms with Crippen molar-refractivity contribution < 1.29 is 15.0 Å². The molecular formula is C23H25BrN4O3. The lowest BCUT2D eigenvalue weighted by Gasteiger charge is -2.29. The number of aliphatic carboxylic acids is 1. The van der Waals surface area contributed by atoms with Crippen LogP contribution in [0.15, 0.2) is 57.1 Å². The molecule has 0 bridgehead atoms. The highest BCUT2D eigenvalue weighted by Gasteiger charge is 2.28. The van der Waals surface area contributed by atoms with E-state index in [1.54, 1.807) is 6.20 Å². The highest BCUT2D eigenvalue weighted by molar-refractivity contribution is 9.10. The number of pyridine rings is 1. The molecule has 1 aromatic heterocycles. The van der Waals surface area contributed by atoms with Crippen LogP contribution >= 0.6 is 15.9 Å². The van der Waals surface area contributed by atoms with Crippen molar-refractivity contribution in [2.45, 2.75) is 44.2 Å². The molecule has 1 aliphatic heterocycles. The minimum absolute atomic E-state index is 0.0322. The molecular weight excluding hydrogens is 460 g/mol. The van der Waals surface area contributed by atoms with Crippen LogP contribution in [0.25, 0.3) is 0 Å². The molecule has 1 saturated carbocycles. The topological polar surface area (TPSA) is 107 Å². The van der Waals surface area contributed by atoms with Crippen molar-refractivity contribution in [3.05, 3.63) is 58.3 Å². The van der Waals surface area contributed by atoms with E-state index >= 15 is 0 Å². The third kappa shape index (κ3) is 5.19. The summed E-state index contributed by atoms with van der Waals surface area (Å²) in [6.45, 7) is 0.275. The lowest BCUT2D eigenvalue weighted by molar-refractivity contribution is -0.137. The van der Waals surface area contributed by atoms with Gasteiger partial charge in [0.15, 0.2) is 0 Å². The number of nitrogens with one attached hydrogen (secondary N) is 1. The van der Waals surface area contributed by atoms with Crippen molar-refractivity contribution in [1.82, 2.24) is 4.98 Å². The van der Waals surface area contributed by atoms with Gasteiger partial charge in [0.2, 0.25) is 0 Å². The molecule has 2 heterocycles. The number of nitrogens with zero attached hydrogens (tertiary/aromatic N) is 3. The Bertz CT molecular complexity index is 1010. The Labute approximate surface area is 189 Å². The zero-order valence-electron chi connectivity index (χ0n) is 17.0. The third-order valence-corrected chi connectivity index (χ3v) is 6.28. The Morgan fingerprint density at radius 2 is 2.13 bits per heavy atom. The quantitative estimate of drug-likeness (QED) is 0.552. The fourth-order valence-corrected chi connectivity index (χ4v) is 4.17. The minimum atomic E-state index is -0.882. The van der Waals surface area contributed by atoms with Crippen LogP contribution in [-0.2, 0) is 4.79 Å². The molecule has 162 valence electrons. The number of aliphatic imine (C=N–C) groups is 2. The van der Waals surface area contributed by atoms with Crippen molar-refractivity contribution in [2.75, 3.05) is 11.9 Å². The molecule has 0 saturated heterocycles. The van der Waals surface area contributed by atoms with E-state index in [0.717, 1.165) is 35.0 Å². The number of amidine groups is 1. The number of aromatic nitrogens is 1. The molecule has 1 aliphatic carbocycles. The number of carboxylic acid groups (broad SMARTS) is 1. The van der Waals surface area contributed by atoms with Crippen molar-refractivity contribution in [1.29, 1.82) is 0 Å². The Balaban J connectivity index is 1.75. The molecule has 1 aromatic carbocycles. The summed E-state index contributed by atoms with van der Waals surface area (Å²) in [7, 11) is 0. The third-order valence-electron chi connectivity index (χ3n) is 5.78. The van der Waals surface area contributed by atoms with E-state index < -0.39 is 18.1 Å². The second-order valence-electron chi connectivity index (χ2n) is 7.94. The molecule has 0 spiro atoms. The molecule has 1 fully saturated rings. The molecule has 0 radical (unpaired) electrons. The van der Waals surface area contributed by atoms with Crippen molar-refractivity contribution in [3.8, 4) is 0 Å². The van der Waals surface area contributed by atoms with Gasteiger partial charge in [0, 0.05) is 28.3 Å². The lowest BCUT2D eigenvalue weighted by Crippen LogP contribution is -2.32. The lowest BCUT2D eigenvalue weighted by atomic mass is 9.81. The number of anilines is 1. The minimum Gasteiger partial charge on any atom is -0.481 e. The first-order chi connectivity index (χ1) is 15.0. The van der Waals surface area contributed by atoms with Gasteiger partial charge in [0.25, 0.3) is 0 Å². The first-order valence-corrected chi connectivity index (χ1v) is 11.3. The maximum Gasteiger partial charge on any atom is 0.303 e. The molecule has 1 unspecified atom stereocenters. The van der Waals surface area contributed by atoms with Crippen LogP contribution in [-0.4, -0.2) is 51.4 Å². The Hall–Kier alpha value is -2.58. The zero-order chi connectivity index (χ0) is 21.8. The predicted octanol–water partition coefficient (Wildman–Crippen LogP) is 3.90. The second kappa shape index (κ2) is 9.70. The van der Waals surface area contributed by atoms with Gasteiger partial charge in [-0.3, -0.25) is 19.8 Å². The smallest absolute Gasteiger partial charge is 0.303 e. The second-order valence-corrected chi connectivity index (χ2v) is 8.86. The summed E-state index contributed by atoms with van der Waals surface area (Å²) in [6.07, 6.45) is 4.69. The number of fused-ring (bicyclic) bond motifs is 1. The number of carbonyl (C=O) groups is 1. The number of aliphatic hydroxyl groups excluding tert-OH is 1. The van der Waals surface area contributed by atoms with Gasteiger partial charge >= 0.3 is 5.97 Å². The van der Waals surface area contributed by atoms with Gasteiger partial charge in [-0.1, -0.05) is 28.4 Å². The Kier molecular flexibility index (Phi) is 6.77. The van der Waals surface area contributed by atoms with Crippen LogP contribution in [0.1, 0.15) is 43.4 Å². The van der Waals surface area contributed by atoms with E-state index in [1.165, 1.54) is 0 Å². The SMILES string of the molecule is O=C(O)CC[C@@H]1N=C(c2ccccn2)c2cc(Br)ccc2NC1=NCC(O)C1CCC1. The normalized spacial score (nSPS) is 20.8. The number of aliphatic hydroxyl groups is 1. The molecule has 0 amide bonds. The summed E-state index contributed by atoms with van der Waals surface area (Å²) in [6, 6.07) is 11.0. The molecule has 2 aliphatic rings. The summed E-state index contributed by atoms with van der Waals surface area (Å²) in [4.78, 5) is 25.4. The van der Waals surface area contributed by atoms with Gasteiger partial charge in [0.05, 0.1) is 24.1 Å². The first kappa shape index (κ1) is 21.6. The molecule has 2 aromatic rings. The summed E-state index contributed by atoms with van der Waals surface area (Å²) in [5, 5.41) is 23.1. The number of halogens is 1. The Morgan fingerprint density at radius 1 is 1.29 bits per heavy atom. The number of hydrogen-bond acceptors (Lipinski definition) is 5. The number of hydrogen-bond donors (Lipinski definition) is 3. The number of benzene rings is 1. The predicted molar refractivity (Wildman–Crippen MR) is 124 cm³/mol. The molecule has 8 heteroatoms. The fraction of sp³-hybridized carbons (Fsp3) is 0.391. The summed E-state index contributed by atoms with van der Waals surface area (Å²) < 4.78 is 0.902. The van der Waals surface area contributed by atoms with Crippen LogP contribution in [0.2, 0.25) is 0 Å². The maximum absolute atomic E-state index is 11.3. The van der Waals surface area contributed by atoms with E-state index in [2.05, 4.69) is 31.2 Å². The Morgan fingerprint density at radius 3 is 2.81 bits per heavy atom. The molecule has 7 nitrogen and oxygen atoms in total. The van der Waals surface area contributed by atoms with Crippen molar-refractivity contribution in [3.63, 3.8) is 0 Å². The van der Waals surface area contributed by atoms with Gasteiger partial charge in [-0.2, -0.15) is 0 Å². The van der Waals surface area contributed by atoms with Gasteiger partial charge < -0.3 is 15.5 Å². The average molecular weight is 485 g/mol. The van der Waals surface area contributed by atoms with Gasteiger partial charge in [-0.15, -0.1) is 0 Å². The summed E-state index contributed by atoms with van der Waals surface area (Å²) in [5.74, 6) is -0.00880. The van der Waals surface area contributed by atoms with Crippen LogP contribution < -0.4 is 5.32 Å². The van der Waals surface area contributed by atoms with Crippen LogP contribution in [0.4, 0.5) is 5.69 Å². The zero-order valence-corrected chi connectivity index (χ0v) is 18.6. The first-order valence-electron chi connectivity index (χ1n) is 10.5. The summed E-state index contributed by atoms with van der Waals surface area (Å²) in [5.41, 5.74) is 3.07. The summed E-state index contributed by atoms with van der Waals surface area (Å²) >= 11 is 3.53. The van der Waals surface area contributed by atoms with E-state index in [4.69, 9.17) is 4.99 Å². The monoisotopic (exact) mass is 484 g/mol. The highest BCUT2D eigenvalue weighted by Crippen LogP contribution is 2.31. The molecule has 31 heavy (non-hydrogen) atoms. The van der Waals surface area contributed by atoms with Crippen LogP contribution in [0.3, 0.4) is 0 Å². The van der Waals surface area contributed by atoms with Crippen LogP contribution in [0.5, 0.6) is 0 Å². The number of benzodiazepines with no additional fused rings is 1. The van der Waals surface area contributed by atoms with Crippen molar-refractivity contribution in [2.24, 2.45) is 15.9 Å². The van der Waals surface area contributed by atoms with E-state index in [1.807, 2.05) is 36.4 Å². The van der Waals surface area contributed by atoms with E-state index in [0.29, 0.717) is 29.6 Å². The van der Waals surface area contributed by atoms with E-state index in [-0.39, 0.29) is 13.0 Å². The largest absolute Gasteiger partial charge is 0.481 e. The molecule has 4 rings (SSSR count). The highest BCUT2D eigenvalue weighted by atomic mass is 79.9. The average Bonchev–Trinajstić information content (AvgIpc) is 2.86.